The number of alkyl halides is 3. The van der Waals surface area contributed by atoms with Crippen molar-refractivity contribution in [2.75, 3.05) is 0 Å². The minimum atomic E-state index is -4.83. The first-order chi connectivity index (χ1) is 11.6. The van der Waals surface area contributed by atoms with E-state index in [1.54, 1.807) is 13.0 Å². The Bertz CT molecular complexity index is 752. The number of carbonyl (C=O) groups excluding carboxylic acids is 1. The first-order valence-electron chi connectivity index (χ1n) is 7.09. The first-order valence-corrected chi connectivity index (χ1v) is 7.09. The first kappa shape index (κ1) is 18.4. The number of benzene rings is 1. The summed E-state index contributed by atoms with van der Waals surface area (Å²) in [5.74, 6) is -1.75. The van der Waals surface area contributed by atoms with Crippen molar-refractivity contribution in [3.05, 3.63) is 53.5 Å². The molecule has 1 heterocycles. The number of nitrogens with one attached hydrogen (secondary N) is 1. The Morgan fingerprint density at radius 1 is 1.20 bits per heavy atom. The fourth-order valence-corrected chi connectivity index (χ4v) is 2.11. The van der Waals surface area contributed by atoms with E-state index in [-0.39, 0.29) is 5.76 Å². The third-order valence-electron chi connectivity index (χ3n) is 3.16. The number of halogens is 3. The fraction of sp³-hybridized carbons (Fsp3) is 0.250. The van der Waals surface area contributed by atoms with Crippen molar-refractivity contribution in [3.8, 4) is 5.75 Å². The summed E-state index contributed by atoms with van der Waals surface area (Å²) in [4.78, 5) is 23.1. The van der Waals surface area contributed by atoms with Gasteiger partial charge in [-0.2, -0.15) is 0 Å². The van der Waals surface area contributed by atoms with E-state index in [1.165, 1.54) is 18.2 Å². The maximum absolute atomic E-state index is 12.2. The lowest BCUT2D eigenvalue weighted by Crippen LogP contribution is -2.30. The summed E-state index contributed by atoms with van der Waals surface area (Å²) < 4.78 is 45.4. The van der Waals surface area contributed by atoms with Crippen LogP contribution in [0.15, 0.2) is 40.8 Å². The summed E-state index contributed by atoms with van der Waals surface area (Å²) in [6.45, 7) is 1.64. The lowest BCUT2D eigenvalue weighted by atomic mass is 10.0. The van der Waals surface area contributed by atoms with Gasteiger partial charge < -0.3 is 19.6 Å². The summed E-state index contributed by atoms with van der Waals surface area (Å²) in [7, 11) is 0. The minimum Gasteiger partial charge on any atom is -0.481 e. The number of furan rings is 1. The standard InChI is InChI=1S/C16H14F3NO5/c1-9-2-7-13(24-9)15(23)20-12(8-14(21)22)10-3-5-11(6-4-10)25-16(17,18)19/h2-7,12H,8H2,1H3,(H,20,23)(H,21,22). The third-order valence-corrected chi connectivity index (χ3v) is 3.16. The van der Waals surface area contributed by atoms with Crippen molar-refractivity contribution in [3.63, 3.8) is 0 Å². The smallest absolute Gasteiger partial charge is 0.481 e. The van der Waals surface area contributed by atoms with Crippen molar-refractivity contribution in [2.24, 2.45) is 0 Å². The number of ether oxygens (including phenoxy) is 1. The van der Waals surface area contributed by atoms with Crippen LogP contribution in [0.4, 0.5) is 13.2 Å². The van der Waals surface area contributed by atoms with Gasteiger partial charge in [0.15, 0.2) is 5.76 Å². The van der Waals surface area contributed by atoms with E-state index in [1.807, 2.05) is 0 Å². The van der Waals surface area contributed by atoms with Gasteiger partial charge in [0.25, 0.3) is 5.91 Å². The van der Waals surface area contributed by atoms with Crippen molar-refractivity contribution in [2.45, 2.75) is 25.7 Å². The van der Waals surface area contributed by atoms with Gasteiger partial charge in [-0.05, 0) is 36.8 Å². The van der Waals surface area contributed by atoms with Crippen LogP contribution < -0.4 is 10.1 Å². The number of aryl methyl sites for hydroxylation is 1. The third kappa shape index (κ3) is 5.55. The van der Waals surface area contributed by atoms with Gasteiger partial charge in [0.1, 0.15) is 11.5 Å². The lowest BCUT2D eigenvalue weighted by molar-refractivity contribution is -0.274. The Hall–Kier alpha value is -2.97. The molecule has 1 amide bonds. The van der Waals surface area contributed by atoms with Crippen LogP contribution in [0.2, 0.25) is 0 Å². The summed E-state index contributed by atoms with van der Waals surface area (Å²) in [6, 6.07) is 6.65. The predicted octanol–water partition coefficient (Wildman–Crippen LogP) is 3.43. The molecule has 1 aromatic carbocycles. The van der Waals surface area contributed by atoms with E-state index in [0.29, 0.717) is 11.3 Å². The maximum Gasteiger partial charge on any atom is 0.573 e. The normalized spacial score (nSPS) is 12.5. The molecule has 0 saturated carbocycles. The quantitative estimate of drug-likeness (QED) is 0.827. The lowest BCUT2D eigenvalue weighted by Gasteiger charge is -2.17. The minimum absolute atomic E-state index is 0.00455. The molecule has 25 heavy (non-hydrogen) atoms. The molecule has 0 aliphatic carbocycles. The molecule has 0 saturated heterocycles. The van der Waals surface area contributed by atoms with Gasteiger partial charge in [0, 0.05) is 0 Å². The Balaban J connectivity index is 2.16. The maximum atomic E-state index is 12.2. The molecule has 2 rings (SSSR count). The monoisotopic (exact) mass is 357 g/mol. The Labute approximate surface area is 140 Å². The van der Waals surface area contributed by atoms with E-state index in [9.17, 15) is 22.8 Å². The molecule has 134 valence electrons. The second kappa shape index (κ2) is 7.29. The van der Waals surface area contributed by atoms with Gasteiger partial charge in [-0.15, -0.1) is 13.2 Å². The average molecular weight is 357 g/mol. The van der Waals surface area contributed by atoms with Crippen LogP contribution in [-0.4, -0.2) is 23.3 Å². The average Bonchev–Trinajstić information content (AvgIpc) is 2.92. The molecule has 2 N–H and O–H groups in total. The summed E-state index contributed by atoms with van der Waals surface area (Å²) in [5, 5.41) is 11.5. The largest absolute Gasteiger partial charge is 0.573 e. The van der Waals surface area contributed by atoms with Crippen LogP contribution >= 0.6 is 0 Å². The number of carboxylic acids is 1. The number of aliphatic carboxylic acids is 1. The summed E-state index contributed by atoms with van der Waals surface area (Å²) >= 11 is 0. The van der Waals surface area contributed by atoms with Gasteiger partial charge in [0.2, 0.25) is 0 Å². The highest BCUT2D eigenvalue weighted by atomic mass is 19.4. The van der Waals surface area contributed by atoms with Crippen molar-refractivity contribution < 1.29 is 37.0 Å². The van der Waals surface area contributed by atoms with E-state index < -0.39 is 36.5 Å². The molecular formula is C16H14F3NO5. The van der Waals surface area contributed by atoms with Crippen molar-refractivity contribution in [1.82, 2.24) is 5.32 Å². The van der Waals surface area contributed by atoms with E-state index in [4.69, 9.17) is 9.52 Å². The van der Waals surface area contributed by atoms with E-state index >= 15 is 0 Å². The molecule has 9 heteroatoms. The topological polar surface area (TPSA) is 88.8 Å². The van der Waals surface area contributed by atoms with Crippen LogP contribution in [0, 0.1) is 6.92 Å². The zero-order valence-electron chi connectivity index (χ0n) is 13.0. The molecule has 6 nitrogen and oxygen atoms in total. The molecule has 1 aromatic heterocycles. The predicted molar refractivity (Wildman–Crippen MR) is 79.0 cm³/mol. The van der Waals surface area contributed by atoms with Crippen molar-refractivity contribution >= 4 is 11.9 Å². The number of amides is 1. The van der Waals surface area contributed by atoms with Crippen molar-refractivity contribution in [1.29, 1.82) is 0 Å². The molecule has 1 unspecified atom stereocenters. The SMILES string of the molecule is Cc1ccc(C(=O)NC(CC(=O)O)c2ccc(OC(F)(F)F)cc2)o1. The molecule has 0 radical (unpaired) electrons. The summed E-state index contributed by atoms with van der Waals surface area (Å²) in [5.41, 5.74) is 0.313. The molecule has 0 aliphatic heterocycles. The number of rotatable bonds is 6. The van der Waals surface area contributed by atoms with E-state index in [2.05, 4.69) is 10.1 Å². The van der Waals surface area contributed by atoms with Crippen LogP contribution in [0.1, 0.15) is 34.3 Å². The Morgan fingerprint density at radius 2 is 1.84 bits per heavy atom. The van der Waals surface area contributed by atoms with Gasteiger partial charge in [0.05, 0.1) is 12.5 Å². The molecule has 0 spiro atoms. The number of carboxylic acid groups (broad SMARTS) is 1. The fourth-order valence-electron chi connectivity index (χ4n) is 2.11. The molecular weight excluding hydrogens is 343 g/mol. The molecule has 2 aromatic rings. The highest BCUT2D eigenvalue weighted by Gasteiger charge is 2.31. The van der Waals surface area contributed by atoms with Gasteiger partial charge in [-0.1, -0.05) is 12.1 Å². The highest BCUT2D eigenvalue weighted by Crippen LogP contribution is 2.25. The number of hydrogen-bond acceptors (Lipinski definition) is 4. The number of hydrogen-bond donors (Lipinski definition) is 2. The van der Waals surface area contributed by atoms with Crippen LogP contribution in [-0.2, 0) is 4.79 Å². The van der Waals surface area contributed by atoms with Gasteiger partial charge in [-0.25, -0.2) is 0 Å². The Morgan fingerprint density at radius 3 is 2.32 bits per heavy atom. The van der Waals surface area contributed by atoms with Gasteiger partial charge in [-0.3, -0.25) is 9.59 Å². The second-order valence-corrected chi connectivity index (χ2v) is 5.15. The van der Waals surface area contributed by atoms with Crippen LogP contribution in [0.3, 0.4) is 0 Å². The second-order valence-electron chi connectivity index (χ2n) is 5.15. The zero-order chi connectivity index (χ0) is 18.6. The molecule has 1 atom stereocenters. The summed E-state index contributed by atoms with van der Waals surface area (Å²) in [6.07, 6.45) is -5.28. The zero-order valence-corrected chi connectivity index (χ0v) is 13.0. The van der Waals surface area contributed by atoms with E-state index in [0.717, 1.165) is 12.1 Å². The number of carbonyl (C=O) groups is 2. The Kier molecular flexibility index (Phi) is 5.35. The van der Waals surface area contributed by atoms with Crippen LogP contribution in [0.5, 0.6) is 5.75 Å². The molecule has 0 fully saturated rings. The van der Waals surface area contributed by atoms with Gasteiger partial charge >= 0.3 is 12.3 Å². The molecule has 0 aliphatic rings. The highest BCUT2D eigenvalue weighted by molar-refractivity contribution is 5.92. The van der Waals surface area contributed by atoms with Crippen LogP contribution in [0.25, 0.3) is 0 Å². The molecule has 0 bridgehead atoms.